The Hall–Kier alpha value is -2.35. The Balaban J connectivity index is 1.50. The quantitative estimate of drug-likeness (QED) is 0.783. The summed E-state index contributed by atoms with van der Waals surface area (Å²) >= 11 is 1.58. The Morgan fingerprint density at radius 3 is 2.40 bits per heavy atom. The highest BCUT2D eigenvalue weighted by molar-refractivity contribution is 7.15. The van der Waals surface area contributed by atoms with Gasteiger partial charge in [0.25, 0.3) is 5.91 Å². The fourth-order valence-corrected chi connectivity index (χ4v) is 3.38. The van der Waals surface area contributed by atoms with Crippen LogP contribution in [-0.4, -0.2) is 60.4 Å². The molecular formula is C17H22N4O3S. The number of piperazine rings is 1. The molecule has 1 aliphatic heterocycles. The van der Waals surface area contributed by atoms with E-state index in [4.69, 9.17) is 9.47 Å². The van der Waals surface area contributed by atoms with Crippen LogP contribution in [0.1, 0.15) is 11.9 Å². The van der Waals surface area contributed by atoms with Crippen LogP contribution in [0.3, 0.4) is 0 Å². The second kappa shape index (κ2) is 8.15. The fourth-order valence-electron chi connectivity index (χ4n) is 2.64. The van der Waals surface area contributed by atoms with E-state index in [0.717, 1.165) is 23.2 Å². The highest BCUT2D eigenvalue weighted by Crippen LogP contribution is 2.26. The Morgan fingerprint density at radius 2 is 1.80 bits per heavy atom. The Bertz CT molecular complexity index is 713. The zero-order valence-electron chi connectivity index (χ0n) is 14.5. The minimum absolute atomic E-state index is 0.0144. The van der Waals surface area contributed by atoms with Gasteiger partial charge in [0.05, 0.1) is 6.61 Å². The van der Waals surface area contributed by atoms with Crippen molar-refractivity contribution in [1.82, 2.24) is 15.1 Å². The minimum Gasteiger partial charge on any atom is -0.490 e. The molecule has 0 aliphatic carbocycles. The predicted molar refractivity (Wildman–Crippen MR) is 96.5 cm³/mol. The standard InChI is InChI=1S/C17H22N4O3S/c1-3-23-14-6-4-5-7-15(14)24-12-16(22)20-8-10-21(11-9-20)17-19-18-13(2)25-17/h4-7H,3,8-12H2,1-2H3. The monoisotopic (exact) mass is 362 g/mol. The van der Waals surface area contributed by atoms with E-state index >= 15 is 0 Å². The van der Waals surface area contributed by atoms with Crippen LogP contribution in [0.5, 0.6) is 11.5 Å². The van der Waals surface area contributed by atoms with Gasteiger partial charge in [0.1, 0.15) is 5.01 Å². The van der Waals surface area contributed by atoms with Crippen molar-refractivity contribution in [2.45, 2.75) is 13.8 Å². The third kappa shape index (κ3) is 4.39. The van der Waals surface area contributed by atoms with E-state index in [0.29, 0.717) is 31.2 Å². The second-order valence-electron chi connectivity index (χ2n) is 5.64. The van der Waals surface area contributed by atoms with Gasteiger partial charge in [0.15, 0.2) is 18.1 Å². The van der Waals surface area contributed by atoms with E-state index in [1.165, 1.54) is 0 Å². The molecule has 0 unspecified atom stereocenters. The molecule has 1 saturated heterocycles. The molecule has 1 fully saturated rings. The first-order valence-electron chi connectivity index (χ1n) is 8.35. The summed E-state index contributed by atoms with van der Waals surface area (Å²) in [5, 5.41) is 10.1. The van der Waals surface area contributed by atoms with E-state index in [2.05, 4.69) is 15.1 Å². The van der Waals surface area contributed by atoms with Crippen molar-refractivity contribution in [3.8, 4) is 11.5 Å². The van der Waals surface area contributed by atoms with Gasteiger partial charge in [-0.05, 0) is 26.0 Å². The van der Waals surface area contributed by atoms with Crippen molar-refractivity contribution in [2.75, 3.05) is 44.3 Å². The summed E-state index contributed by atoms with van der Waals surface area (Å²) in [5.74, 6) is 1.24. The van der Waals surface area contributed by atoms with Crippen LogP contribution in [-0.2, 0) is 4.79 Å². The molecule has 1 aromatic heterocycles. The lowest BCUT2D eigenvalue weighted by Crippen LogP contribution is -2.50. The minimum atomic E-state index is -0.0144. The molecule has 0 radical (unpaired) electrons. The number of amides is 1. The summed E-state index contributed by atoms with van der Waals surface area (Å²) in [5.41, 5.74) is 0. The third-order valence-corrected chi connectivity index (χ3v) is 4.82. The number of ether oxygens (including phenoxy) is 2. The number of hydrogen-bond acceptors (Lipinski definition) is 7. The van der Waals surface area contributed by atoms with E-state index in [-0.39, 0.29) is 12.5 Å². The summed E-state index contributed by atoms with van der Waals surface area (Å²) in [6.45, 7) is 7.27. The number of nitrogens with zero attached hydrogens (tertiary/aromatic N) is 4. The smallest absolute Gasteiger partial charge is 0.260 e. The van der Waals surface area contributed by atoms with Gasteiger partial charge in [-0.1, -0.05) is 23.5 Å². The molecule has 1 amide bonds. The third-order valence-electron chi connectivity index (χ3n) is 3.92. The van der Waals surface area contributed by atoms with Crippen molar-refractivity contribution >= 4 is 22.4 Å². The average molecular weight is 362 g/mol. The van der Waals surface area contributed by atoms with Crippen LogP contribution in [0.4, 0.5) is 5.13 Å². The molecule has 0 spiro atoms. The van der Waals surface area contributed by atoms with Crippen LogP contribution >= 0.6 is 11.3 Å². The topological polar surface area (TPSA) is 67.8 Å². The molecule has 25 heavy (non-hydrogen) atoms. The maximum absolute atomic E-state index is 12.4. The molecule has 0 N–H and O–H groups in total. The Morgan fingerprint density at radius 1 is 1.12 bits per heavy atom. The first-order chi connectivity index (χ1) is 12.2. The molecule has 0 saturated carbocycles. The summed E-state index contributed by atoms with van der Waals surface area (Å²) in [4.78, 5) is 16.4. The molecule has 1 aliphatic rings. The largest absolute Gasteiger partial charge is 0.490 e. The highest BCUT2D eigenvalue weighted by atomic mass is 32.1. The van der Waals surface area contributed by atoms with Crippen LogP contribution in [0, 0.1) is 6.92 Å². The van der Waals surface area contributed by atoms with Gasteiger partial charge in [0, 0.05) is 26.2 Å². The van der Waals surface area contributed by atoms with E-state index < -0.39 is 0 Å². The molecule has 2 heterocycles. The summed E-state index contributed by atoms with van der Waals surface area (Å²) in [6.07, 6.45) is 0. The normalized spacial score (nSPS) is 14.5. The Kier molecular flexibility index (Phi) is 5.70. The number of aryl methyl sites for hydroxylation is 1. The summed E-state index contributed by atoms with van der Waals surface area (Å²) < 4.78 is 11.2. The van der Waals surface area contributed by atoms with Crippen LogP contribution in [0.25, 0.3) is 0 Å². The predicted octanol–water partition coefficient (Wildman–Crippen LogP) is 1.97. The number of benzene rings is 1. The lowest BCUT2D eigenvalue weighted by molar-refractivity contribution is -0.133. The lowest BCUT2D eigenvalue weighted by atomic mass is 10.3. The molecule has 1 aromatic carbocycles. The number of rotatable bonds is 6. The van der Waals surface area contributed by atoms with Crippen LogP contribution < -0.4 is 14.4 Å². The van der Waals surface area contributed by atoms with Gasteiger partial charge in [-0.15, -0.1) is 10.2 Å². The first-order valence-corrected chi connectivity index (χ1v) is 9.16. The first kappa shape index (κ1) is 17.5. The summed E-state index contributed by atoms with van der Waals surface area (Å²) in [6, 6.07) is 7.40. The molecule has 7 nitrogen and oxygen atoms in total. The fraction of sp³-hybridized carbons (Fsp3) is 0.471. The van der Waals surface area contributed by atoms with Gasteiger partial charge in [-0.2, -0.15) is 0 Å². The number of aromatic nitrogens is 2. The van der Waals surface area contributed by atoms with Crippen molar-refractivity contribution in [3.63, 3.8) is 0 Å². The lowest BCUT2D eigenvalue weighted by Gasteiger charge is -2.34. The number of carbonyl (C=O) groups is 1. The SMILES string of the molecule is CCOc1ccccc1OCC(=O)N1CCN(c2nnc(C)s2)CC1. The maximum atomic E-state index is 12.4. The molecule has 0 bridgehead atoms. The molecule has 3 rings (SSSR count). The maximum Gasteiger partial charge on any atom is 0.260 e. The van der Waals surface area contributed by atoms with Crippen LogP contribution in [0.15, 0.2) is 24.3 Å². The molecule has 2 aromatic rings. The molecule has 8 heteroatoms. The summed E-state index contributed by atoms with van der Waals surface area (Å²) in [7, 11) is 0. The van der Waals surface area contributed by atoms with Crippen molar-refractivity contribution in [3.05, 3.63) is 29.3 Å². The second-order valence-corrected chi connectivity index (χ2v) is 6.80. The van der Waals surface area contributed by atoms with Crippen molar-refractivity contribution < 1.29 is 14.3 Å². The number of para-hydroxylation sites is 2. The zero-order valence-corrected chi connectivity index (χ0v) is 15.3. The zero-order chi connectivity index (χ0) is 17.6. The van der Waals surface area contributed by atoms with Crippen LogP contribution in [0.2, 0.25) is 0 Å². The molecular weight excluding hydrogens is 340 g/mol. The van der Waals surface area contributed by atoms with Gasteiger partial charge in [0.2, 0.25) is 5.13 Å². The van der Waals surface area contributed by atoms with E-state index in [1.807, 2.05) is 43.0 Å². The molecule has 0 atom stereocenters. The molecule has 134 valence electrons. The Labute approximate surface area is 151 Å². The van der Waals surface area contributed by atoms with Gasteiger partial charge in [-0.3, -0.25) is 4.79 Å². The van der Waals surface area contributed by atoms with Gasteiger partial charge in [-0.25, -0.2) is 0 Å². The average Bonchev–Trinajstić information content (AvgIpc) is 3.07. The number of anilines is 1. The number of hydrogen-bond donors (Lipinski definition) is 0. The van der Waals surface area contributed by atoms with Gasteiger partial charge < -0.3 is 19.3 Å². The van der Waals surface area contributed by atoms with Gasteiger partial charge >= 0.3 is 0 Å². The highest BCUT2D eigenvalue weighted by Gasteiger charge is 2.23. The van der Waals surface area contributed by atoms with Crippen molar-refractivity contribution in [2.24, 2.45) is 0 Å². The number of carbonyl (C=O) groups excluding carboxylic acids is 1. The van der Waals surface area contributed by atoms with Crippen molar-refractivity contribution in [1.29, 1.82) is 0 Å². The van der Waals surface area contributed by atoms with E-state index in [9.17, 15) is 4.79 Å². The van der Waals surface area contributed by atoms with E-state index in [1.54, 1.807) is 11.3 Å².